The van der Waals surface area contributed by atoms with Gasteiger partial charge in [-0.1, -0.05) is 12.1 Å². The fraction of sp³-hybridized carbons (Fsp3) is 0.611. The van der Waals surface area contributed by atoms with E-state index in [4.69, 9.17) is 4.74 Å². The second-order valence-electron chi connectivity index (χ2n) is 6.91. The van der Waals surface area contributed by atoms with E-state index < -0.39 is 0 Å². The largest absolute Gasteiger partial charge is 0.491 e. The second-order valence-corrected chi connectivity index (χ2v) is 6.91. The standard InChI is InChI=1S/C18H26N2O2/c1-13-4-3-5-15(10-13)22-12-14(2)20-17(21)16-11-18(16)6-8-19-9-7-18/h3-5,10,14,16,19H,6-9,11-12H2,1-2H3,(H,20,21). The van der Waals surface area contributed by atoms with Crippen molar-refractivity contribution in [3.05, 3.63) is 29.8 Å². The highest BCUT2D eigenvalue weighted by atomic mass is 16.5. The third-order valence-electron chi connectivity index (χ3n) is 4.98. The minimum atomic E-state index is 0.0346. The van der Waals surface area contributed by atoms with Gasteiger partial charge >= 0.3 is 0 Å². The molecule has 1 saturated carbocycles. The molecule has 1 saturated heterocycles. The Bertz CT molecular complexity index is 538. The third kappa shape index (κ3) is 3.43. The van der Waals surface area contributed by atoms with Crippen LogP contribution in [0.5, 0.6) is 5.75 Å². The topological polar surface area (TPSA) is 50.4 Å². The zero-order chi connectivity index (χ0) is 15.6. The Hall–Kier alpha value is -1.55. The van der Waals surface area contributed by atoms with Crippen LogP contribution >= 0.6 is 0 Å². The number of hydrogen-bond acceptors (Lipinski definition) is 3. The van der Waals surface area contributed by atoms with Crippen LogP contribution in [0.4, 0.5) is 0 Å². The Labute approximate surface area is 132 Å². The maximum absolute atomic E-state index is 12.4. The Balaban J connectivity index is 1.44. The summed E-state index contributed by atoms with van der Waals surface area (Å²) < 4.78 is 5.76. The van der Waals surface area contributed by atoms with Crippen molar-refractivity contribution in [2.24, 2.45) is 11.3 Å². The number of aryl methyl sites for hydroxylation is 1. The van der Waals surface area contributed by atoms with Crippen LogP contribution in [0.15, 0.2) is 24.3 Å². The third-order valence-corrected chi connectivity index (χ3v) is 4.98. The van der Waals surface area contributed by atoms with Crippen LogP contribution < -0.4 is 15.4 Å². The van der Waals surface area contributed by atoms with Gasteiger partial charge in [0, 0.05) is 5.92 Å². The zero-order valence-electron chi connectivity index (χ0n) is 13.5. The Kier molecular flexibility index (Phi) is 4.39. The summed E-state index contributed by atoms with van der Waals surface area (Å²) >= 11 is 0. The molecule has 4 heteroatoms. The van der Waals surface area contributed by atoms with Crippen LogP contribution in [0.1, 0.15) is 31.7 Å². The molecule has 1 amide bonds. The molecule has 2 atom stereocenters. The monoisotopic (exact) mass is 302 g/mol. The van der Waals surface area contributed by atoms with Crippen molar-refractivity contribution in [2.75, 3.05) is 19.7 Å². The van der Waals surface area contributed by atoms with Crippen molar-refractivity contribution in [1.82, 2.24) is 10.6 Å². The van der Waals surface area contributed by atoms with E-state index in [1.165, 1.54) is 5.56 Å². The smallest absolute Gasteiger partial charge is 0.224 e. The van der Waals surface area contributed by atoms with Gasteiger partial charge in [0.15, 0.2) is 0 Å². The summed E-state index contributed by atoms with van der Waals surface area (Å²) in [5.74, 6) is 1.29. The maximum atomic E-state index is 12.4. The molecule has 0 aromatic heterocycles. The first-order valence-corrected chi connectivity index (χ1v) is 8.30. The van der Waals surface area contributed by atoms with Gasteiger partial charge in [-0.2, -0.15) is 0 Å². The van der Waals surface area contributed by atoms with Crippen LogP contribution in [-0.2, 0) is 4.79 Å². The number of carbonyl (C=O) groups is 1. The van der Waals surface area contributed by atoms with Gasteiger partial charge < -0.3 is 15.4 Å². The van der Waals surface area contributed by atoms with Crippen LogP contribution in [-0.4, -0.2) is 31.6 Å². The summed E-state index contributed by atoms with van der Waals surface area (Å²) in [7, 11) is 0. The summed E-state index contributed by atoms with van der Waals surface area (Å²) in [6.07, 6.45) is 3.34. The lowest BCUT2D eigenvalue weighted by molar-refractivity contribution is -0.124. The van der Waals surface area contributed by atoms with Gasteiger partial charge in [-0.3, -0.25) is 4.79 Å². The minimum absolute atomic E-state index is 0.0346. The number of nitrogens with one attached hydrogen (secondary N) is 2. The molecule has 1 heterocycles. The fourth-order valence-corrected chi connectivity index (χ4v) is 3.51. The van der Waals surface area contributed by atoms with Crippen molar-refractivity contribution in [2.45, 2.75) is 39.2 Å². The lowest BCUT2D eigenvalue weighted by Gasteiger charge is -2.23. The average molecular weight is 302 g/mol. The van der Waals surface area contributed by atoms with Gasteiger partial charge in [-0.25, -0.2) is 0 Å². The van der Waals surface area contributed by atoms with Crippen LogP contribution in [0.3, 0.4) is 0 Å². The van der Waals surface area contributed by atoms with Crippen molar-refractivity contribution in [3.8, 4) is 5.75 Å². The molecule has 1 aromatic carbocycles. The summed E-state index contributed by atoms with van der Waals surface area (Å²) in [4.78, 5) is 12.4. The normalized spacial score (nSPS) is 23.8. The van der Waals surface area contributed by atoms with E-state index in [1.54, 1.807) is 0 Å². The number of benzene rings is 1. The summed E-state index contributed by atoms with van der Waals surface area (Å²) in [6, 6.07) is 8.03. The van der Waals surface area contributed by atoms with E-state index in [2.05, 4.69) is 10.6 Å². The van der Waals surface area contributed by atoms with E-state index in [1.807, 2.05) is 38.1 Å². The molecule has 1 aromatic rings. The Morgan fingerprint density at radius 3 is 2.95 bits per heavy atom. The minimum Gasteiger partial charge on any atom is -0.491 e. The molecule has 1 spiro atoms. The van der Waals surface area contributed by atoms with Gasteiger partial charge in [-0.15, -0.1) is 0 Å². The Morgan fingerprint density at radius 1 is 1.45 bits per heavy atom. The van der Waals surface area contributed by atoms with Crippen LogP contribution in [0, 0.1) is 18.3 Å². The second kappa shape index (κ2) is 6.29. The number of hydrogen-bond donors (Lipinski definition) is 2. The van der Waals surface area contributed by atoms with Crippen molar-refractivity contribution in [1.29, 1.82) is 0 Å². The average Bonchev–Trinajstić information content (AvgIpc) is 3.19. The molecular weight excluding hydrogens is 276 g/mol. The molecular formula is C18H26N2O2. The predicted octanol–water partition coefficient (Wildman–Crippen LogP) is 2.27. The van der Waals surface area contributed by atoms with Crippen molar-refractivity contribution in [3.63, 3.8) is 0 Å². The molecule has 4 nitrogen and oxygen atoms in total. The van der Waals surface area contributed by atoms with E-state index in [0.29, 0.717) is 12.0 Å². The number of piperidine rings is 1. The molecule has 2 unspecified atom stereocenters. The van der Waals surface area contributed by atoms with Crippen molar-refractivity contribution >= 4 is 5.91 Å². The molecule has 0 radical (unpaired) electrons. The zero-order valence-corrected chi connectivity index (χ0v) is 13.5. The lowest BCUT2D eigenvalue weighted by atomic mass is 9.91. The molecule has 22 heavy (non-hydrogen) atoms. The number of rotatable bonds is 5. The first-order valence-electron chi connectivity index (χ1n) is 8.30. The fourth-order valence-electron chi connectivity index (χ4n) is 3.51. The van der Waals surface area contributed by atoms with E-state index in [-0.39, 0.29) is 17.9 Å². The van der Waals surface area contributed by atoms with Crippen molar-refractivity contribution < 1.29 is 9.53 Å². The van der Waals surface area contributed by atoms with Gasteiger partial charge in [0.2, 0.25) is 5.91 Å². The number of carbonyl (C=O) groups excluding carboxylic acids is 1. The summed E-state index contributed by atoms with van der Waals surface area (Å²) in [5, 5.41) is 6.49. The lowest BCUT2D eigenvalue weighted by Crippen LogP contribution is -2.40. The van der Waals surface area contributed by atoms with Crippen LogP contribution in [0.2, 0.25) is 0 Å². The molecule has 0 bridgehead atoms. The van der Waals surface area contributed by atoms with Gasteiger partial charge in [0.25, 0.3) is 0 Å². The first-order chi connectivity index (χ1) is 10.6. The SMILES string of the molecule is Cc1cccc(OCC(C)NC(=O)C2CC23CCNCC3)c1. The molecule has 1 aliphatic carbocycles. The van der Waals surface area contributed by atoms with E-state index in [0.717, 1.165) is 38.1 Å². The van der Waals surface area contributed by atoms with Gasteiger partial charge in [0.05, 0.1) is 6.04 Å². The van der Waals surface area contributed by atoms with E-state index in [9.17, 15) is 4.79 Å². The molecule has 2 N–H and O–H groups in total. The highest BCUT2D eigenvalue weighted by molar-refractivity contribution is 5.82. The molecule has 3 rings (SSSR count). The van der Waals surface area contributed by atoms with Gasteiger partial charge in [0.1, 0.15) is 12.4 Å². The van der Waals surface area contributed by atoms with Gasteiger partial charge in [-0.05, 0) is 69.3 Å². The van der Waals surface area contributed by atoms with E-state index >= 15 is 0 Å². The maximum Gasteiger partial charge on any atom is 0.224 e. The molecule has 2 fully saturated rings. The first kappa shape index (κ1) is 15.3. The van der Waals surface area contributed by atoms with Crippen LogP contribution in [0.25, 0.3) is 0 Å². The molecule has 2 aliphatic rings. The molecule has 1 aliphatic heterocycles. The highest BCUT2D eigenvalue weighted by Crippen LogP contribution is 2.58. The summed E-state index contributed by atoms with van der Waals surface area (Å²) in [6.45, 7) is 6.66. The molecule has 120 valence electrons. The summed E-state index contributed by atoms with van der Waals surface area (Å²) in [5.41, 5.74) is 1.48. The number of amides is 1. The quantitative estimate of drug-likeness (QED) is 0.877. The number of ether oxygens (including phenoxy) is 1. The highest BCUT2D eigenvalue weighted by Gasteiger charge is 2.57. The predicted molar refractivity (Wildman–Crippen MR) is 86.9 cm³/mol. The Morgan fingerprint density at radius 2 is 2.23 bits per heavy atom.